The van der Waals surface area contributed by atoms with Gasteiger partial charge in [0.15, 0.2) is 0 Å². The molecule has 3 nitrogen and oxygen atoms in total. The molecule has 0 amide bonds. The number of hydrogen-bond acceptors (Lipinski definition) is 3. The Hall–Kier alpha value is -1.37. The Morgan fingerprint density at radius 3 is 2.68 bits per heavy atom. The number of fused-ring (bicyclic) bond motifs is 1. The molecule has 1 aromatic rings. The number of nitrogens with zero attached hydrogens (tertiary/aromatic N) is 1. The van der Waals surface area contributed by atoms with Gasteiger partial charge in [-0.2, -0.15) is 13.2 Å². The molecule has 1 aromatic heterocycles. The lowest BCUT2D eigenvalue weighted by Crippen LogP contribution is -2.31. The summed E-state index contributed by atoms with van der Waals surface area (Å²) >= 11 is 0. The molecule has 3 rings (SSSR count). The predicted octanol–water partition coefficient (Wildman–Crippen LogP) is 3.39. The lowest BCUT2D eigenvalue weighted by atomic mass is 9.93. The predicted molar refractivity (Wildman–Crippen MR) is 70.5 cm³/mol. The zero-order valence-corrected chi connectivity index (χ0v) is 12.1. The molecule has 1 saturated carbocycles. The fourth-order valence-electron chi connectivity index (χ4n) is 3.08. The smallest absolute Gasteiger partial charge is 0.399 e. The second-order valence-corrected chi connectivity index (χ2v) is 6.09. The van der Waals surface area contributed by atoms with Gasteiger partial charge in [-0.05, 0) is 32.6 Å². The molecule has 1 fully saturated rings. The molecular formula is C15H17F4NO2. The van der Waals surface area contributed by atoms with Gasteiger partial charge in [0.1, 0.15) is 23.9 Å². The Morgan fingerprint density at radius 2 is 2.14 bits per heavy atom. The van der Waals surface area contributed by atoms with E-state index in [9.17, 15) is 22.7 Å². The summed E-state index contributed by atoms with van der Waals surface area (Å²) in [4.78, 5) is 3.95. The molecule has 0 bridgehead atoms. The quantitative estimate of drug-likeness (QED) is 0.865. The van der Waals surface area contributed by atoms with Gasteiger partial charge in [0, 0.05) is 11.1 Å². The Morgan fingerprint density at radius 1 is 1.45 bits per heavy atom. The summed E-state index contributed by atoms with van der Waals surface area (Å²) in [6.45, 7) is 1.15. The standard InChI is InChI=1S/C15H17F4NO2/c1-8(16)7-22-11-6-20-13(12-9(11)2-3-10(12)21)14(4-5-14)15(17,18)19/h6,8,10,21H,2-5,7H2,1H3. The van der Waals surface area contributed by atoms with Crippen molar-refractivity contribution in [3.63, 3.8) is 0 Å². The molecule has 0 spiro atoms. The average molecular weight is 319 g/mol. The van der Waals surface area contributed by atoms with E-state index in [1.54, 1.807) is 0 Å². The van der Waals surface area contributed by atoms with Crippen molar-refractivity contribution in [3.05, 3.63) is 23.0 Å². The normalized spacial score (nSPS) is 24.0. The minimum Gasteiger partial charge on any atom is -0.489 e. The number of pyridine rings is 1. The maximum Gasteiger partial charge on any atom is 0.399 e. The van der Waals surface area contributed by atoms with E-state index in [1.807, 2.05) is 0 Å². The van der Waals surface area contributed by atoms with Gasteiger partial charge in [-0.1, -0.05) is 0 Å². The van der Waals surface area contributed by atoms with Gasteiger partial charge in [0.25, 0.3) is 0 Å². The highest BCUT2D eigenvalue weighted by molar-refractivity contribution is 5.50. The topological polar surface area (TPSA) is 42.4 Å². The minimum atomic E-state index is -4.38. The number of aliphatic hydroxyl groups is 1. The minimum absolute atomic E-state index is 0.00955. The molecule has 0 aromatic carbocycles. The van der Waals surface area contributed by atoms with E-state index in [0.29, 0.717) is 18.4 Å². The van der Waals surface area contributed by atoms with Crippen molar-refractivity contribution in [2.24, 2.45) is 0 Å². The number of alkyl halides is 4. The van der Waals surface area contributed by atoms with Crippen LogP contribution in [0.5, 0.6) is 5.75 Å². The van der Waals surface area contributed by atoms with E-state index in [4.69, 9.17) is 4.74 Å². The van der Waals surface area contributed by atoms with Crippen LogP contribution in [0, 0.1) is 0 Å². The summed E-state index contributed by atoms with van der Waals surface area (Å²) in [5.74, 6) is 0.276. The molecule has 2 aliphatic carbocycles. The van der Waals surface area contributed by atoms with Gasteiger partial charge in [0.05, 0.1) is 18.0 Å². The van der Waals surface area contributed by atoms with E-state index >= 15 is 0 Å². The van der Waals surface area contributed by atoms with Gasteiger partial charge in [0.2, 0.25) is 0 Å². The molecular weight excluding hydrogens is 302 g/mol. The zero-order valence-electron chi connectivity index (χ0n) is 12.1. The van der Waals surface area contributed by atoms with Crippen LogP contribution in [-0.4, -0.2) is 29.0 Å². The van der Waals surface area contributed by atoms with Gasteiger partial charge in [-0.25, -0.2) is 4.39 Å². The van der Waals surface area contributed by atoms with Gasteiger partial charge >= 0.3 is 6.18 Å². The molecule has 0 aliphatic heterocycles. The maximum atomic E-state index is 13.3. The Bertz CT molecular complexity index is 582. The van der Waals surface area contributed by atoms with Crippen LogP contribution in [-0.2, 0) is 11.8 Å². The van der Waals surface area contributed by atoms with Gasteiger partial charge in [-0.3, -0.25) is 4.98 Å². The Balaban J connectivity index is 2.02. The second-order valence-electron chi connectivity index (χ2n) is 6.09. The number of aromatic nitrogens is 1. The molecule has 1 N–H and O–H groups in total. The third kappa shape index (κ3) is 2.35. The van der Waals surface area contributed by atoms with E-state index in [2.05, 4.69) is 4.98 Å². The van der Waals surface area contributed by atoms with Crippen LogP contribution >= 0.6 is 0 Å². The fraction of sp³-hybridized carbons (Fsp3) is 0.667. The highest BCUT2D eigenvalue weighted by atomic mass is 19.4. The molecule has 2 atom stereocenters. The molecule has 0 radical (unpaired) electrons. The first-order chi connectivity index (χ1) is 10.3. The van der Waals surface area contributed by atoms with Crippen molar-refractivity contribution >= 4 is 0 Å². The molecule has 22 heavy (non-hydrogen) atoms. The number of rotatable bonds is 4. The van der Waals surface area contributed by atoms with Crippen molar-refractivity contribution in [2.45, 2.75) is 56.5 Å². The Labute approximate surface area is 125 Å². The first-order valence-electron chi connectivity index (χ1n) is 7.30. The molecule has 2 unspecified atom stereocenters. The summed E-state index contributed by atoms with van der Waals surface area (Å²) < 4.78 is 58.2. The van der Waals surface area contributed by atoms with Crippen LogP contribution in [0.4, 0.5) is 17.6 Å². The monoisotopic (exact) mass is 319 g/mol. The van der Waals surface area contributed by atoms with Gasteiger partial charge < -0.3 is 9.84 Å². The van der Waals surface area contributed by atoms with Crippen molar-refractivity contribution < 1.29 is 27.4 Å². The summed E-state index contributed by atoms with van der Waals surface area (Å²) in [5.41, 5.74) is -1.25. The summed E-state index contributed by atoms with van der Waals surface area (Å²) in [6.07, 6.45) is -4.57. The van der Waals surface area contributed by atoms with Crippen LogP contribution in [0.25, 0.3) is 0 Å². The number of aliphatic hydroxyl groups excluding tert-OH is 1. The average Bonchev–Trinajstić information content (AvgIpc) is 3.15. The van der Waals surface area contributed by atoms with E-state index < -0.39 is 23.9 Å². The number of hydrogen-bond donors (Lipinski definition) is 1. The fourth-order valence-corrected chi connectivity index (χ4v) is 3.08. The molecule has 0 saturated heterocycles. The second kappa shape index (κ2) is 5.08. The van der Waals surface area contributed by atoms with Crippen molar-refractivity contribution in [1.82, 2.24) is 4.98 Å². The highest BCUT2D eigenvalue weighted by Crippen LogP contribution is 2.60. The first-order valence-corrected chi connectivity index (χ1v) is 7.30. The number of halogens is 4. The third-order valence-corrected chi connectivity index (χ3v) is 4.40. The van der Waals surface area contributed by atoms with Crippen molar-refractivity contribution in [2.75, 3.05) is 6.61 Å². The van der Waals surface area contributed by atoms with Crippen LogP contribution in [0.15, 0.2) is 6.20 Å². The first kappa shape index (κ1) is 15.5. The SMILES string of the molecule is CC(F)COc1cnc(C2(C(F)(F)F)CC2)c2c1CCC2O. The van der Waals surface area contributed by atoms with Crippen molar-refractivity contribution in [3.8, 4) is 5.75 Å². The largest absolute Gasteiger partial charge is 0.489 e. The molecule has 1 heterocycles. The summed E-state index contributed by atoms with van der Waals surface area (Å²) in [5, 5.41) is 10.1. The molecule has 2 aliphatic rings. The Kier molecular flexibility index (Phi) is 3.58. The highest BCUT2D eigenvalue weighted by Gasteiger charge is 2.66. The third-order valence-electron chi connectivity index (χ3n) is 4.40. The van der Waals surface area contributed by atoms with E-state index in [0.717, 1.165) is 0 Å². The molecule has 122 valence electrons. The summed E-state index contributed by atoms with van der Waals surface area (Å²) in [6, 6.07) is 0. The summed E-state index contributed by atoms with van der Waals surface area (Å²) in [7, 11) is 0. The van der Waals surface area contributed by atoms with Crippen LogP contribution in [0.2, 0.25) is 0 Å². The van der Waals surface area contributed by atoms with Crippen LogP contribution < -0.4 is 4.74 Å². The lowest BCUT2D eigenvalue weighted by molar-refractivity contribution is -0.161. The number of ether oxygens (including phenoxy) is 1. The maximum absolute atomic E-state index is 13.3. The van der Waals surface area contributed by atoms with E-state index in [-0.39, 0.29) is 36.5 Å². The van der Waals surface area contributed by atoms with Gasteiger partial charge in [-0.15, -0.1) is 0 Å². The van der Waals surface area contributed by atoms with E-state index in [1.165, 1.54) is 13.1 Å². The van der Waals surface area contributed by atoms with Crippen molar-refractivity contribution in [1.29, 1.82) is 0 Å². The lowest BCUT2D eigenvalue weighted by Gasteiger charge is -2.23. The molecule has 7 heteroatoms. The van der Waals surface area contributed by atoms with Crippen LogP contribution in [0.3, 0.4) is 0 Å². The zero-order chi connectivity index (χ0) is 16.1. The van der Waals surface area contributed by atoms with Crippen LogP contribution in [0.1, 0.15) is 49.1 Å².